The molecule has 0 aromatic rings. The third-order valence-electron chi connectivity index (χ3n) is 0.987. The molecule has 0 aliphatic carbocycles. The molecule has 4 heteroatoms. The first-order chi connectivity index (χ1) is 4.20. The van der Waals surface area contributed by atoms with Crippen LogP contribution in [-0.2, 0) is 10.8 Å². The number of nitrogens with zero attached hydrogens (tertiary/aromatic N) is 2. The summed E-state index contributed by atoms with van der Waals surface area (Å²) in [6.45, 7) is 2.50. The van der Waals surface area contributed by atoms with E-state index in [1.807, 2.05) is 6.92 Å². The lowest BCUT2D eigenvalue weighted by atomic mass is 10.4. The van der Waals surface area contributed by atoms with Crippen LogP contribution in [0.1, 0.15) is 6.92 Å². The molecule has 0 N–H and O–H groups in total. The fourth-order valence-corrected chi connectivity index (χ4v) is 1.10. The highest BCUT2D eigenvalue weighted by Crippen LogP contribution is 1.97. The Bertz CT molecular complexity index is 207. The molecule has 1 rings (SSSR count). The van der Waals surface area contributed by atoms with Crippen molar-refractivity contribution in [1.82, 2.24) is 0 Å². The molecular weight excluding hydrogens is 136 g/mol. The zero-order chi connectivity index (χ0) is 6.85. The number of amidine groups is 1. The van der Waals surface area contributed by atoms with Crippen molar-refractivity contribution < 1.29 is 4.21 Å². The average Bonchev–Trinajstić information content (AvgIpc) is 2.14. The van der Waals surface area contributed by atoms with Crippen LogP contribution in [0.15, 0.2) is 9.98 Å². The lowest BCUT2D eigenvalue weighted by Gasteiger charge is -1.84. The van der Waals surface area contributed by atoms with Gasteiger partial charge in [-0.2, -0.15) is 0 Å². The molecule has 0 saturated carbocycles. The van der Waals surface area contributed by atoms with E-state index in [0.717, 1.165) is 5.71 Å². The Hall–Kier alpha value is -0.510. The van der Waals surface area contributed by atoms with Gasteiger partial charge in [0.2, 0.25) is 5.17 Å². The van der Waals surface area contributed by atoms with Crippen molar-refractivity contribution in [1.29, 1.82) is 0 Å². The smallest absolute Gasteiger partial charge is 0.213 e. The van der Waals surface area contributed by atoms with E-state index in [9.17, 15) is 4.21 Å². The second-order valence-electron chi connectivity index (χ2n) is 1.90. The van der Waals surface area contributed by atoms with Crippen molar-refractivity contribution in [3.63, 3.8) is 0 Å². The quantitative estimate of drug-likeness (QED) is 0.478. The van der Waals surface area contributed by atoms with Crippen LogP contribution in [-0.4, -0.2) is 27.9 Å². The lowest BCUT2D eigenvalue weighted by Crippen LogP contribution is -1.98. The van der Waals surface area contributed by atoms with Crippen LogP contribution in [0.5, 0.6) is 0 Å². The Labute approximate surface area is 56.4 Å². The molecular formula is C5H8N2OS. The van der Waals surface area contributed by atoms with Crippen molar-refractivity contribution in [2.75, 3.05) is 12.8 Å². The molecule has 9 heavy (non-hydrogen) atoms. The van der Waals surface area contributed by atoms with E-state index in [4.69, 9.17) is 0 Å². The van der Waals surface area contributed by atoms with E-state index >= 15 is 0 Å². The van der Waals surface area contributed by atoms with Crippen molar-refractivity contribution in [2.24, 2.45) is 9.98 Å². The second kappa shape index (κ2) is 2.39. The number of hydrogen-bond donors (Lipinski definition) is 0. The van der Waals surface area contributed by atoms with Crippen LogP contribution in [0, 0.1) is 0 Å². The summed E-state index contributed by atoms with van der Waals surface area (Å²) >= 11 is 0. The molecule has 0 aromatic carbocycles. The van der Waals surface area contributed by atoms with Crippen LogP contribution in [0.4, 0.5) is 0 Å². The first-order valence-electron chi connectivity index (χ1n) is 2.62. The second-order valence-corrected chi connectivity index (χ2v) is 3.17. The number of aliphatic imine (C=N–C) groups is 2. The summed E-state index contributed by atoms with van der Waals surface area (Å²) in [7, 11) is -0.999. The third-order valence-corrected chi connectivity index (χ3v) is 1.72. The third kappa shape index (κ3) is 1.45. The van der Waals surface area contributed by atoms with E-state index in [0.29, 0.717) is 11.7 Å². The molecule has 0 bridgehead atoms. The minimum absolute atomic E-state index is 0.479. The maximum atomic E-state index is 10.7. The Morgan fingerprint density at radius 3 is 2.56 bits per heavy atom. The van der Waals surface area contributed by atoms with Crippen LogP contribution in [0.3, 0.4) is 0 Å². The largest absolute Gasteiger partial charge is 0.253 e. The Morgan fingerprint density at radius 2 is 2.33 bits per heavy atom. The van der Waals surface area contributed by atoms with Gasteiger partial charge in [0.25, 0.3) is 0 Å². The van der Waals surface area contributed by atoms with Gasteiger partial charge >= 0.3 is 0 Å². The van der Waals surface area contributed by atoms with Crippen LogP contribution in [0.2, 0.25) is 0 Å². The molecule has 1 unspecified atom stereocenters. The van der Waals surface area contributed by atoms with E-state index in [1.165, 1.54) is 0 Å². The van der Waals surface area contributed by atoms with Gasteiger partial charge in [-0.25, -0.2) is 4.99 Å². The molecule has 1 aliphatic heterocycles. The zero-order valence-electron chi connectivity index (χ0n) is 5.42. The van der Waals surface area contributed by atoms with Gasteiger partial charge in [0, 0.05) is 12.0 Å². The predicted octanol–water partition coefficient (Wildman–Crippen LogP) is 0.195. The Morgan fingerprint density at radius 1 is 1.67 bits per heavy atom. The summed E-state index contributed by atoms with van der Waals surface area (Å²) in [5, 5.41) is 0.479. The minimum atomic E-state index is -0.999. The van der Waals surface area contributed by atoms with Crippen molar-refractivity contribution in [3.8, 4) is 0 Å². The molecule has 0 radical (unpaired) electrons. The standard InChI is InChI=1S/C5H8N2OS/c1-4-3-6-5(7-4)9(2)8/h3H2,1-2H3. The van der Waals surface area contributed by atoms with E-state index in [2.05, 4.69) is 9.98 Å². The predicted molar refractivity (Wildman–Crippen MR) is 39.5 cm³/mol. The maximum absolute atomic E-state index is 10.7. The van der Waals surface area contributed by atoms with E-state index < -0.39 is 10.8 Å². The fraction of sp³-hybridized carbons (Fsp3) is 0.600. The maximum Gasteiger partial charge on any atom is 0.213 e. The molecule has 3 nitrogen and oxygen atoms in total. The van der Waals surface area contributed by atoms with Gasteiger partial charge < -0.3 is 0 Å². The molecule has 1 aliphatic rings. The van der Waals surface area contributed by atoms with Crippen molar-refractivity contribution in [2.45, 2.75) is 6.92 Å². The van der Waals surface area contributed by atoms with Gasteiger partial charge in [0.15, 0.2) is 0 Å². The highest BCUT2D eigenvalue weighted by Gasteiger charge is 2.07. The SMILES string of the molecule is CC1=NC(S(C)=O)=NC1. The topological polar surface area (TPSA) is 41.8 Å². The van der Waals surface area contributed by atoms with Gasteiger partial charge in [0.05, 0.1) is 17.3 Å². The first kappa shape index (κ1) is 6.61. The van der Waals surface area contributed by atoms with Gasteiger partial charge in [-0.15, -0.1) is 0 Å². The highest BCUT2D eigenvalue weighted by atomic mass is 32.2. The van der Waals surface area contributed by atoms with Crippen molar-refractivity contribution in [3.05, 3.63) is 0 Å². The molecule has 0 aromatic heterocycles. The fourth-order valence-electron chi connectivity index (χ4n) is 0.571. The lowest BCUT2D eigenvalue weighted by molar-refractivity contribution is 0.693. The number of rotatable bonds is 0. The van der Waals surface area contributed by atoms with Gasteiger partial charge in [-0.05, 0) is 6.92 Å². The monoisotopic (exact) mass is 144 g/mol. The zero-order valence-corrected chi connectivity index (χ0v) is 6.23. The summed E-state index contributed by atoms with van der Waals surface area (Å²) in [6, 6.07) is 0. The van der Waals surface area contributed by atoms with Gasteiger partial charge in [-0.1, -0.05) is 0 Å². The molecule has 0 spiro atoms. The van der Waals surface area contributed by atoms with Gasteiger partial charge in [0.1, 0.15) is 0 Å². The molecule has 0 amide bonds. The molecule has 1 heterocycles. The van der Waals surface area contributed by atoms with E-state index in [1.54, 1.807) is 6.26 Å². The molecule has 0 saturated heterocycles. The van der Waals surface area contributed by atoms with Crippen LogP contribution >= 0.6 is 0 Å². The van der Waals surface area contributed by atoms with Crippen LogP contribution in [0.25, 0.3) is 0 Å². The first-order valence-corrected chi connectivity index (χ1v) is 4.18. The van der Waals surface area contributed by atoms with Crippen LogP contribution < -0.4 is 0 Å². The Kier molecular flexibility index (Phi) is 1.75. The molecule has 50 valence electrons. The highest BCUT2D eigenvalue weighted by molar-refractivity contribution is 8.00. The number of hydrogen-bond acceptors (Lipinski definition) is 3. The summed E-state index contributed by atoms with van der Waals surface area (Å²) in [6.07, 6.45) is 1.58. The van der Waals surface area contributed by atoms with Crippen molar-refractivity contribution >= 4 is 21.7 Å². The minimum Gasteiger partial charge on any atom is -0.253 e. The summed E-state index contributed by atoms with van der Waals surface area (Å²) in [5.41, 5.74) is 0.945. The summed E-state index contributed by atoms with van der Waals surface area (Å²) in [5.74, 6) is 0. The Balaban J connectivity index is 2.75. The van der Waals surface area contributed by atoms with E-state index in [-0.39, 0.29) is 0 Å². The van der Waals surface area contributed by atoms with Gasteiger partial charge in [-0.3, -0.25) is 9.20 Å². The molecule has 1 atom stereocenters. The molecule has 0 fully saturated rings. The summed E-state index contributed by atoms with van der Waals surface area (Å²) < 4.78 is 10.7. The average molecular weight is 144 g/mol. The summed E-state index contributed by atoms with van der Waals surface area (Å²) in [4.78, 5) is 7.88. The normalized spacial score (nSPS) is 21.1.